The van der Waals surface area contributed by atoms with Crippen molar-refractivity contribution in [2.45, 2.75) is 6.92 Å². The van der Waals surface area contributed by atoms with Crippen LogP contribution in [0, 0.1) is 33.3 Å². The van der Waals surface area contributed by atoms with Gasteiger partial charge in [0.15, 0.2) is 0 Å². The molecule has 2 N–H and O–H groups in total. The first-order valence-corrected chi connectivity index (χ1v) is 3.79. The molecule has 0 fully saturated rings. The van der Waals surface area contributed by atoms with Crippen LogP contribution in [0.2, 0.25) is 0 Å². The quantitative estimate of drug-likeness (QED) is 0.475. The Labute approximate surface area is 75.3 Å². The molecule has 1 rings (SSSR count). The van der Waals surface area contributed by atoms with E-state index in [1.54, 1.807) is 6.92 Å². The average molecular weight is 179 g/mol. The summed E-state index contributed by atoms with van der Waals surface area (Å²) in [6, 6.07) is 1.95. The summed E-state index contributed by atoms with van der Waals surface area (Å²) in [5, 5.41) is 19.2. The van der Waals surface area contributed by atoms with Gasteiger partial charge in [-0.15, -0.1) is 0 Å². The van der Waals surface area contributed by atoms with Gasteiger partial charge in [0, 0.05) is 11.8 Å². The lowest BCUT2D eigenvalue weighted by atomic mass is 9.86. The molecule has 5 heteroatoms. The van der Waals surface area contributed by atoms with Crippen LogP contribution < -0.4 is 5.73 Å². The normalized spacial score (nSPS) is 27.1. The molecule has 2 unspecified atom stereocenters. The molecule has 0 radical (unpaired) electrons. The highest BCUT2D eigenvalue weighted by molar-refractivity contribution is 5.27. The summed E-state index contributed by atoms with van der Waals surface area (Å²) in [7, 11) is 0. The molecule has 0 aromatic carbocycles. The van der Waals surface area contributed by atoms with E-state index < -0.39 is 16.8 Å². The molecule has 2 atom stereocenters. The van der Waals surface area contributed by atoms with Gasteiger partial charge >= 0.3 is 0 Å². The van der Waals surface area contributed by atoms with E-state index in [9.17, 15) is 10.1 Å². The maximum atomic E-state index is 10.5. The third-order valence-corrected chi connectivity index (χ3v) is 2.12. The number of allylic oxidation sites excluding steroid dienone is 4. The second-order valence-corrected chi connectivity index (χ2v) is 2.91. The summed E-state index contributed by atoms with van der Waals surface area (Å²) in [6.07, 6.45) is 2.78. The predicted octanol–water partition coefficient (Wildman–Crippen LogP) is 0.779. The van der Waals surface area contributed by atoms with Crippen LogP contribution in [0.1, 0.15) is 6.92 Å². The summed E-state index contributed by atoms with van der Waals surface area (Å²) in [5.41, 5.74) is 5.95. The maximum absolute atomic E-state index is 10.5. The Morgan fingerprint density at radius 2 is 2.31 bits per heavy atom. The molecule has 0 aromatic rings. The van der Waals surface area contributed by atoms with Crippen molar-refractivity contribution in [3.63, 3.8) is 0 Å². The van der Waals surface area contributed by atoms with Crippen molar-refractivity contribution in [1.82, 2.24) is 0 Å². The van der Waals surface area contributed by atoms with E-state index >= 15 is 0 Å². The van der Waals surface area contributed by atoms with Crippen LogP contribution in [0.25, 0.3) is 0 Å². The summed E-state index contributed by atoms with van der Waals surface area (Å²) < 4.78 is 0. The first-order chi connectivity index (χ1) is 6.07. The summed E-state index contributed by atoms with van der Waals surface area (Å²) >= 11 is 0. The number of rotatable bonds is 1. The second kappa shape index (κ2) is 3.27. The van der Waals surface area contributed by atoms with Gasteiger partial charge < -0.3 is 5.73 Å². The molecule has 5 nitrogen and oxygen atoms in total. The van der Waals surface area contributed by atoms with Crippen LogP contribution in [0.5, 0.6) is 0 Å². The zero-order valence-electron chi connectivity index (χ0n) is 7.10. The first kappa shape index (κ1) is 9.26. The summed E-state index contributed by atoms with van der Waals surface area (Å²) in [5.74, 6) is -1.02. The summed E-state index contributed by atoms with van der Waals surface area (Å²) in [6.45, 7) is 1.63. The van der Waals surface area contributed by atoms with Gasteiger partial charge in [0.25, 0.3) is 5.70 Å². The van der Waals surface area contributed by atoms with Crippen LogP contribution >= 0.6 is 0 Å². The van der Waals surface area contributed by atoms with Crippen LogP contribution in [-0.2, 0) is 0 Å². The van der Waals surface area contributed by atoms with E-state index in [2.05, 4.69) is 0 Å². The molecule has 13 heavy (non-hydrogen) atoms. The van der Waals surface area contributed by atoms with Crippen molar-refractivity contribution in [1.29, 1.82) is 5.26 Å². The van der Waals surface area contributed by atoms with E-state index in [4.69, 9.17) is 11.0 Å². The predicted molar refractivity (Wildman–Crippen MR) is 45.6 cm³/mol. The fraction of sp³-hybridized carbons (Fsp3) is 0.375. The Morgan fingerprint density at radius 1 is 1.69 bits per heavy atom. The topological polar surface area (TPSA) is 92.9 Å². The molecule has 0 saturated heterocycles. The minimum atomic E-state index is -0.578. The zero-order valence-corrected chi connectivity index (χ0v) is 7.10. The van der Waals surface area contributed by atoms with Crippen molar-refractivity contribution in [3.05, 3.63) is 33.7 Å². The molecular weight excluding hydrogens is 170 g/mol. The largest absolute Gasteiger partial charge is 0.401 e. The molecule has 1 aliphatic carbocycles. The molecule has 0 heterocycles. The third kappa shape index (κ3) is 1.51. The number of hydrogen-bond acceptors (Lipinski definition) is 4. The Balaban J connectivity index is 3.05. The zero-order chi connectivity index (χ0) is 10.0. The van der Waals surface area contributed by atoms with Crippen LogP contribution in [0.3, 0.4) is 0 Å². The van der Waals surface area contributed by atoms with Gasteiger partial charge in [0.05, 0.1) is 22.8 Å². The molecule has 0 bridgehead atoms. The minimum Gasteiger partial charge on any atom is -0.401 e. The van der Waals surface area contributed by atoms with Crippen molar-refractivity contribution >= 4 is 0 Å². The Kier molecular flexibility index (Phi) is 2.33. The lowest BCUT2D eigenvalue weighted by Crippen LogP contribution is -2.25. The van der Waals surface area contributed by atoms with Crippen molar-refractivity contribution in [2.24, 2.45) is 17.6 Å². The molecule has 0 amide bonds. The van der Waals surface area contributed by atoms with Gasteiger partial charge in [-0.25, -0.2) is 0 Å². The fourth-order valence-corrected chi connectivity index (χ4v) is 1.31. The monoisotopic (exact) mass is 179 g/mol. The van der Waals surface area contributed by atoms with Gasteiger partial charge in [-0.05, 0) is 6.08 Å². The minimum absolute atomic E-state index is 0.0424. The lowest BCUT2D eigenvalue weighted by Gasteiger charge is -2.18. The van der Waals surface area contributed by atoms with E-state index in [0.29, 0.717) is 5.70 Å². The van der Waals surface area contributed by atoms with Crippen molar-refractivity contribution in [3.8, 4) is 6.07 Å². The van der Waals surface area contributed by atoms with Crippen molar-refractivity contribution in [2.75, 3.05) is 0 Å². The molecule has 0 aromatic heterocycles. The first-order valence-electron chi connectivity index (χ1n) is 3.79. The van der Waals surface area contributed by atoms with E-state index in [1.807, 2.05) is 6.07 Å². The SMILES string of the molecule is CC1C([N+](=O)[O-])=CC=C(N)C1C#N. The Hall–Kier alpha value is -1.83. The number of nitrogens with zero attached hydrogens (tertiary/aromatic N) is 2. The molecule has 0 aliphatic heterocycles. The molecule has 0 spiro atoms. The second-order valence-electron chi connectivity index (χ2n) is 2.91. The standard InChI is InChI=1S/C8H9N3O2/c1-5-6(4-9)7(10)2-3-8(5)11(12)13/h2-3,5-6H,10H2,1H3. The van der Waals surface area contributed by atoms with Gasteiger partial charge in [0.2, 0.25) is 0 Å². The van der Waals surface area contributed by atoms with E-state index in [-0.39, 0.29) is 5.70 Å². The van der Waals surface area contributed by atoms with Gasteiger partial charge in [0.1, 0.15) is 0 Å². The van der Waals surface area contributed by atoms with Gasteiger partial charge in [-0.1, -0.05) is 6.92 Å². The Bertz CT molecular complexity index is 338. The van der Waals surface area contributed by atoms with E-state index in [1.165, 1.54) is 12.2 Å². The van der Waals surface area contributed by atoms with Gasteiger partial charge in [-0.3, -0.25) is 10.1 Å². The van der Waals surface area contributed by atoms with Crippen LogP contribution in [0.4, 0.5) is 0 Å². The number of nitro groups is 1. The van der Waals surface area contributed by atoms with Crippen LogP contribution in [-0.4, -0.2) is 4.92 Å². The Morgan fingerprint density at radius 3 is 2.77 bits per heavy atom. The van der Waals surface area contributed by atoms with Crippen molar-refractivity contribution < 1.29 is 4.92 Å². The third-order valence-electron chi connectivity index (χ3n) is 2.12. The molecule has 68 valence electrons. The van der Waals surface area contributed by atoms with E-state index in [0.717, 1.165) is 0 Å². The molecular formula is C8H9N3O2. The highest BCUT2D eigenvalue weighted by Crippen LogP contribution is 2.28. The smallest absolute Gasteiger partial charge is 0.250 e. The maximum Gasteiger partial charge on any atom is 0.250 e. The summed E-state index contributed by atoms with van der Waals surface area (Å²) in [4.78, 5) is 10.0. The molecule has 0 saturated carbocycles. The molecule has 1 aliphatic rings. The van der Waals surface area contributed by atoms with Crippen LogP contribution in [0.15, 0.2) is 23.5 Å². The average Bonchev–Trinajstić information content (AvgIpc) is 2.04. The highest BCUT2D eigenvalue weighted by Gasteiger charge is 2.32. The fourth-order valence-electron chi connectivity index (χ4n) is 1.31. The van der Waals surface area contributed by atoms with Gasteiger partial charge in [-0.2, -0.15) is 5.26 Å². The lowest BCUT2D eigenvalue weighted by molar-refractivity contribution is -0.434. The number of nitriles is 1. The number of hydrogen-bond donors (Lipinski definition) is 1. The number of nitrogens with two attached hydrogens (primary N) is 1. The highest BCUT2D eigenvalue weighted by atomic mass is 16.6.